The molecule has 1 nitrogen and oxygen atoms in total. The summed E-state index contributed by atoms with van der Waals surface area (Å²) in [6.07, 6.45) is 8.04. The van der Waals surface area contributed by atoms with Gasteiger partial charge < -0.3 is 17.3 Å². The molecule has 0 aromatic heterocycles. The van der Waals surface area contributed by atoms with Crippen molar-refractivity contribution >= 4 is 0 Å². The van der Waals surface area contributed by atoms with Crippen LogP contribution in [-0.2, 0) is 0 Å². The van der Waals surface area contributed by atoms with E-state index in [0.29, 0.717) is 0 Å². The molecular formula is C8H11ClN-. The summed E-state index contributed by atoms with van der Waals surface area (Å²) in [5.74, 6) is 0. The van der Waals surface area contributed by atoms with E-state index in [0.717, 1.165) is 6.54 Å². The van der Waals surface area contributed by atoms with Gasteiger partial charge in [0.25, 0.3) is 0 Å². The first kappa shape index (κ1) is 9.31. The highest BCUT2D eigenvalue weighted by molar-refractivity contribution is 5.26. The Morgan fingerprint density at radius 2 is 2.40 bits per heavy atom. The smallest absolute Gasteiger partial charge is 0.0420 e. The lowest BCUT2D eigenvalue weighted by Crippen LogP contribution is -3.00. The Morgan fingerprint density at radius 1 is 1.70 bits per heavy atom. The largest absolute Gasteiger partial charge is 1.00 e. The molecular weight excluding hydrogens is 146 g/mol. The van der Waals surface area contributed by atoms with Gasteiger partial charge in [-0.25, -0.2) is 0 Å². The van der Waals surface area contributed by atoms with Gasteiger partial charge in [-0.3, -0.25) is 0 Å². The molecule has 0 spiro atoms. The minimum absolute atomic E-state index is 0. The molecule has 0 bridgehead atoms. The first-order valence-corrected chi connectivity index (χ1v) is 3.03. The van der Waals surface area contributed by atoms with Crippen LogP contribution in [0.25, 0.3) is 0 Å². The molecule has 2 heteroatoms. The van der Waals surface area contributed by atoms with E-state index >= 15 is 0 Å². The predicted octanol–water partition coefficient (Wildman–Crippen LogP) is -1.44. The van der Waals surface area contributed by atoms with Crippen molar-refractivity contribution < 1.29 is 12.4 Å². The quantitative estimate of drug-likeness (QED) is 0.450. The van der Waals surface area contributed by atoms with Gasteiger partial charge in [-0.05, 0) is 17.8 Å². The van der Waals surface area contributed by atoms with Gasteiger partial charge in [-0.1, -0.05) is 18.7 Å². The summed E-state index contributed by atoms with van der Waals surface area (Å²) >= 11 is 0. The van der Waals surface area contributed by atoms with Crippen LogP contribution in [0.3, 0.4) is 0 Å². The van der Waals surface area contributed by atoms with Gasteiger partial charge in [0, 0.05) is 13.6 Å². The van der Waals surface area contributed by atoms with Crippen LogP contribution < -0.4 is 12.4 Å². The fourth-order valence-electron chi connectivity index (χ4n) is 0.840. The zero-order valence-corrected chi connectivity index (χ0v) is 6.80. The molecule has 1 rings (SSSR count). The molecule has 0 saturated carbocycles. The van der Waals surface area contributed by atoms with Crippen molar-refractivity contribution in [2.24, 2.45) is 0 Å². The van der Waals surface area contributed by atoms with Crippen molar-refractivity contribution in [2.75, 3.05) is 13.6 Å². The Balaban J connectivity index is 0.000000810. The Bertz CT molecular complexity index is 170. The van der Waals surface area contributed by atoms with Crippen LogP contribution in [0.5, 0.6) is 0 Å². The minimum Gasteiger partial charge on any atom is -1.00 e. The van der Waals surface area contributed by atoms with Gasteiger partial charge in [0.15, 0.2) is 0 Å². The average molecular weight is 157 g/mol. The highest BCUT2D eigenvalue weighted by Crippen LogP contribution is 2.04. The second kappa shape index (κ2) is 4.18. The molecule has 0 radical (unpaired) electrons. The summed E-state index contributed by atoms with van der Waals surface area (Å²) in [4.78, 5) is 2.12. The second-order valence-electron chi connectivity index (χ2n) is 2.20. The van der Waals surface area contributed by atoms with E-state index in [1.807, 2.05) is 25.4 Å². The molecule has 0 saturated heterocycles. The van der Waals surface area contributed by atoms with Gasteiger partial charge in [-0.2, -0.15) is 0 Å². The molecule has 0 amide bonds. The monoisotopic (exact) mass is 156 g/mol. The lowest BCUT2D eigenvalue weighted by Gasteiger charge is -2.16. The van der Waals surface area contributed by atoms with E-state index in [2.05, 4.69) is 17.6 Å². The van der Waals surface area contributed by atoms with Crippen LogP contribution in [0.2, 0.25) is 0 Å². The van der Waals surface area contributed by atoms with Crippen LogP contribution in [0.1, 0.15) is 0 Å². The molecule has 1 heterocycles. The molecule has 1 aliphatic rings. The van der Waals surface area contributed by atoms with Crippen LogP contribution in [0.15, 0.2) is 36.6 Å². The molecule has 10 heavy (non-hydrogen) atoms. The topological polar surface area (TPSA) is 3.24 Å². The summed E-state index contributed by atoms with van der Waals surface area (Å²) < 4.78 is 0. The van der Waals surface area contributed by atoms with Crippen LogP contribution in [0.4, 0.5) is 0 Å². The van der Waals surface area contributed by atoms with Crippen LogP contribution in [-0.4, -0.2) is 18.5 Å². The fourth-order valence-corrected chi connectivity index (χ4v) is 0.840. The van der Waals surface area contributed by atoms with E-state index in [4.69, 9.17) is 0 Å². The van der Waals surface area contributed by atoms with Gasteiger partial charge in [0.05, 0.1) is 0 Å². The third-order valence-electron chi connectivity index (χ3n) is 1.35. The van der Waals surface area contributed by atoms with Crippen molar-refractivity contribution in [3.05, 3.63) is 36.6 Å². The maximum absolute atomic E-state index is 3.69. The Kier molecular flexibility index (Phi) is 3.89. The molecule has 0 N–H and O–H groups in total. The van der Waals surface area contributed by atoms with Crippen molar-refractivity contribution in [3.63, 3.8) is 0 Å². The molecule has 0 unspecified atom stereocenters. The van der Waals surface area contributed by atoms with E-state index < -0.39 is 0 Å². The fraction of sp³-hybridized carbons (Fsp3) is 0.250. The normalized spacial score (nSPS) is 15.7. The summed E-state index contributed by atoms with van der Waals surface area (Å²) in [5, 5.41) is 0. The van der Waals surface area contributed by atoms with Crippen molar-refractivity contribution in [3.8, 4) is 0 Å². The number of hydrogen-bond acceptors (Lipinski definition) is 1. The minimum atomic E-state index is 0. The van der Waals surface area contributed by atoms with Crippen LogP contribution in [0, 0.1) is 0 Å². The third-order valence-corrected chi connectivity index (χ3v) is 1.35. The summed E-state index contributed by atoms with van der Waals surface area (Å²) in [5.41, 5.74) is 1.28. The first-order valence-electron chi connectivity index (χ1n) is 3.03. The first-order chi connectivity index (χ1) is 4.33. The van der Waals surface area contributed by atoms with E-state index in [-0.39, 0.29) is 12.4 Å². The number of halogens is 1. The number of likely N-dealkylation sites (N-methyl/N-ethyl adjacent to an activating group) is 1. The zero-order chi connectivity index (χ0) is 6.69. The second-order valence-corrected chi connectivity index (χ2v) is 2.20. The third kappa shape index (κ3) is 2.28. The molecule has 0 aliphatic carbocycles. The SMILES string of the molecule is C=CC1=CC=CN(C)C1.[Cl-]. The summed E-state index contributed by atoms with van der Waals surface area (Å²) in [6, 6.07) is 0. The Hall–Kier alpha value is -0.690. The van der Waals surface area contributed by atoms with Gasteiger partial charge >= 0.3 is 0 Å². The van der Waals surface area contributed by atoms with Gasteiger partial charge in [0.1, 0.15) is 0 Å². The average Bonchev–Trinajstić information content (AvgIpc) is 1.88. The molecule has 0 aromatic carbocycles. The maximum atomic E-state index is 3.69. The molecule has 0 aromatic rings. The van der Waals surface area contributed by atoms with Crippen LogP contribution >= 0.6 is 0 Å². The molecule has 0 atom stereocenters. The predicted molar refractivity (Wildman–Crippen MR) is 40.1 cm³/mol. The van der Waals surface area contributed by atoms with Gasteiger partial charge in [0.2, 0.25) is 0 Å². The number of hydrogen-bond donors (Lipinski definition) is 0. The van der Waals surface area contributed by atoms with E-state index in [1.54, 1.807) is 0 Å². The zero-order valence-electron chi connectivity index (χ0n) is 6.05. The number of rotatable bonds is 1. The number of nitrogens with zero attached hydrogens (tertiary/aromatic N) is 1. The standard InChI is InChI=1S/C8H11N.ClH/c1-3-8-5-4-6-9(2)7-8;/h3-6H,1,7H2,2H3;1H/p-1. The highest BCUT2D eigenvalue weighted by atomic mass is 35.5. The highest BCUT2D eigenvalue weighted by Gasteiger charge is 1.96. The Labute approximate surface area is 68.1 Å². The summed E-state index contributed by atoms with van der Waals surface area (Å²) in [7, 11) is 2.05. The van der Waals surface area contributed by atoms with E-state index in [1.165, 1.54) is 5.57 Å². The van der Waals surface area contributed by atoms with Crippen molar-refractivity contribution in [2.45, 2.75) is 0 Å². The summed E-state index contributed by atoms with van der Waals surface area (Å²) in [6.45, 7) is 4.68. The Morgan fingerprint density at radius 3 is 2.80 bits per heavy atom. The molecule has 1 aliphatic heterocycles. The molecule has 56 valence electrons. The lowest BCUT2D eigenvalue weighted by molar-refractivity contribution is -0.00000188. The van der Waals surface area contributed by atoms with Crippen molar-refractivity contribution in [1.82, 2.24) is 4.90 Å². The lowest BCUT2D eigenvalue weighted by atomic mass is 10.2. The maximum Gasteiger partial charge on any atom is 0.0420 e. The number of allylic oxidation sites excluding steroid dienone is 2. The molecule has 0 fully saturated rings. The van der Waals surface area contributed by atoms with Gasteiger partial charge in [-0.15, -0.1) is 0 Å². The van der Waals surface area contributed by atoms with E-state index in [9.17, 15) is 0 Å². The van der Waals surface area contributed by atoms with Crippen molar-refractivity contribution in [1.29, 1.82) is 0 Å².